The van der Waals surface area contributed by atoms with Gasteiger partial charge in [-0.1, -0.05) is 73.5 Å². The Labute approximate surface area is 218 Å². The molecule has 0 radical (unpaired) electrons. The van der Waals surface area contributed by atoms with E-state index < -0.39 is 28.5 Å². The molecule has 0 aliphatic carbocycles. The van der Waals surface area contributed by atoms with E-state index in [2.05, 4.69) is 5.32 Å². The molecule has 0 aliphatic heterocycles. The summed E-state index contributed by atoms with van der Waals surface area (Å²) in [5, 5.41) is 5.02. The largest absolute Gasteiger partial charge is 0.354 e. The predicted molar refractivity (Wildman–Crippen MR) is 143 cm³/mol. The molecule has 1 N–H and O–H groups in total. The van der Waals surface area contributed by atoms with Crippen LogP contribution in [0.4, 0.5) is 0 Å². The second-order valence-electron chi connectivity index (χ2n) is 8.70. The topological polar surface area (TPSA) is 86.8 Å². The van der Waals surface area contributed by atoms with Gasteiger partial charge < -0.3 is 10.2 Å². The van der Waals surface area contributed by atoms with Crippen molar-refractivity contribution in [1.82, 2.24) is 14.5 Å². The van der Waals surface area contributed by atoms with Crippen molar-refractivity contribution >= 4 is 44.2 Å². The summed E-state index contributed by atoms with van der Waals surface area (Å²) in [6.45, 7) is 3.81. The zero-order valence-corrected chi connectivity index (χ0v) is 22.3. The summed E-state index contributed by atoms with van der Waals surface area (Å²) >= 11 is 6.32. The first-order valence-corrected chi connectivity index (χ1v) is 13.7. The highest BCUT2D eigenvalue weighted by molar-refractivity contribution is 7.89. The smallest absolute Gasteiger partial charge is 0.243 e. The van der Waals surface area contributed by atoms with Crippen molar-refractivity contribution in [2.75, 3.05) is 20.1 Å². The molecule has 0 saturated heterocycles. The van der Waals surface area contributed by atoms with Crippen LogP contribution < -0.4 is 5.32 Å². The van der Waals surface area contributed by atoms with E-state index in [1.54, 1.807) is 43.3 Å². The van der Waals surface area contributed by atoms with E-state index in [1.807, 2.05) is 31.2 Å². The number of benzene rings is 3. The van der Waals surface area contributed by atoms with E-state index >= 15 is 0 Å². The van der Waals surface area contributed by atoms with Crippen LogP contribution in [-0.4, -0.2) is 55.6 Å². The Morgan fingerprint density at radius 2 is 1.67 bits per heavy atom. The molecule has 192 valence electrons. The van der Waals surface area contributed by atoms with Crippen molar-refractivity contribution in [3.05, 3.63) is 77.3 Å². The van der Waals surface area contributed by atoms with Crippen molar-refractivity contribution in [1.29, 1.82) is 0 Å². The maximum atomic E-state index is 13.4. The van der Waals surface area contributed by atoms with Crippen LogP contribution >= 0.6 is 11.6 Å². The van der Waals surface area contributed by atoms with E-state index in [-0.39, 0.29) is 17.3 Å². The number of hydrogen-bond acceptors (Lipinski definition) is 4. The molecule has 36 heavy (non-hydrogen) atoms. The number of nitrogens with one attached hydrogen (secondary N) is 1. The standard InChI is InChI=1S/C27H32ClN3O4S/c1-4-5-16-29-27(33)20(2)31(18-23-12-8-9-13-25(23)28)26(32)19-30(3)36(34,35)24-15-14-21-10-6-7-11-22(21)17-24/h6-15,17,20H,4-5,16,18-19H2,1-3H3,(H,29,33)/t20-/m1/s1. The number of halogens is 1. The fraction of sp³-hybridized carbons (Fsp3) is 0.333. The lowest BCUT2D eigenvalue weighted by atomic mass is 10.1. The molecule has 2 amide bonds. The number of hydrogen-bond donors (Lipinski definition) is 1. The van der Waals surface area contributed by atoms with Gasteiger partial charge in [0.2, 0.25) is 21.8 Å². The molecule has 0 aromatic heterocycles. The third kappa shape index (κ3) is 6.63. The summed E-state index contributed by atoms with van der Waals surface area (Å²) in [4.78, 5) is 27.7. The minimum atomic E-state index is -3.94. The molecule has 0 heterocycles. The third-order valence-electron chi connectivity index (χ3n) is 6.08. The molecule has 0 fully saturated rings. The molecule has 3 aromatic carbocycles. The lowest BCUT2D eigenvalue weighted by Crippen LogP contribution is -2.50. The van der Waals surface area contributed by atoms with Gasteiger partial charge in [0.25, 0.3) is 0 Å². The molecule has 3 rings (SSSR count). The molecule has 3 aromatic rings. The zero-order chi connectivity index (χ0) is 26.3. The minimum Gasteiger partial charge on any atom is -0.354 e. The van der Waals surface area contributed by atoms with Crippen molar-refractivity contribution < 1.29 is 18.0 Å². The van der Waals surface area contributed by atoms with E-state index in [4.69, 9.17) is 11.6 Å². The first-order chi connectivity index (χ1) is 17.1. The Bertz CT molecular complexity index is 1330. The van der Waals surface area contributed by atoms with Gasteiger partial charge in [0, 0.05) is 25.2 Å². The Kier molecular flexibility index (Phi) is 9.48. The monoisotopic (exact) mass is 529 g/mol. The molecular formula is C27H32ClN3O4S. The van der Waals surface area contributed by atoms with Crippen molar-refractivity contribution in [3.8, 4) is 0 Å². The summed E-state index contributed by atoms with van der Waals surface area (Å²) in [5.74, 6) is -0.802. The normalized spacial score (nSPS) is 12.5. The maximum absolute atomic E-state index is 13.4. The number of unbranched alkanes of at least 4 members (excludes halogenated alkanes) is 1. The van der Waals surface area contributed by atoms with Crippen molar-refractivity contribution in [3.63, 3.8) is 0 Å². The molecule has 0 spiro atoms. The van der Waals surface area contributed by atoms with Gasteiger partial charge in [0.1, 0.15) is 6.04 Å². The molecular weight excluding hydrogens is 498 g/mol. The van der Waals surface area contributed by atoms with E-state index in [0.717, 1.165) is 27.9 Å². The Morgan fingerprint density at radius 1 is 1.00 bits per heavy atom. The zero-order valence-electron chi connectivity index (χ0n) is 20.8. The van der Waals surface area contributed by atoms with E-state index in [9.17, 15) is 18.0 Å². The number of carbonyl (C=O) groups is 2. The highest BCUT2D eigenvalue weighted by atomic mass is 35.5. The van der Waals surface area contributed by atoms with Crippen LogP contribution in [0.1, 0.15) is 32.3 Å². The van der Waals surface area contributed by atoms with Crippen LogP contribution in [0.2, 0.25) is 5.02 Å². The first kappa shape index (κ1) is 27.6. The average molecular weight is 530 g/mol. The van der Waals surface area contributed by atoms with Crippen LogP contribution in [0.15, 0.2) is 71.6 Å². The molecule has 0 saturated carbocycles. The highest BCUT2D eigenvalue weighted by Crippen LogP contribution is 2.22. The first-order valence-electron chi connectivity index (χ1n) is 11.9. The van der Waals surface area contributed by atoms with Gasteiger partial charge in [-0.15, -0.1) is 0 Å². The Morgan fingerprint density at radius 3 is 2.36 bits per heavy atom. The lowest BCUT2D eigenvalue weighted by molar-refractivity contribution is -0.140. The summed E-state index contributed by atoms with van der Waals surface area (Å²) in [7, 11) is -2.58. The van der Waals surface area contributed by atoms with Crippen molar-refractivity contribution in [2.24, 2.45) is 0 Å². The Hall–Kier alpha value is -2.94. The van der Waals surface area contributed by atoms with Crippen LogP contribution in [-0.2, 0) is 26.2 Å². The fourth-order valence-electron chi connectivity index (χ4n) is 3.80. The fourth-order valence-corrected chi connectivity index (χ4v) is 5.15. The number of carbonyl (C=O) groups excluding carboxylic acids is 2. The third-order valence-corrected chi connectivity index (χ3v) is 8.25. The Balaban J connectivity index is 1.83. The number of sulfonamides is 1. The van der Waals surface area contributed by atoms with Gasteiger partial charge in [-0.3, -0.25) is 9.59 Å². The number of likely N-dealkylation sites (N-methyl/N-ethyl adjacent to an activating group) is 1. The second-order valence-corrected chi connectivity index (χ2v) is 11.2. The maximum Gasteiger partial charge on any atom is 0.243 e. The predicted octanol–water partition coefficient (Wildman–Crippen LogP) is 4.45. The molecule has 1 atom stereocenters. The molecule has 9 heteroatoms. The van der Waals surface area contributed by atoms with Crippen LogP contribution in [0.5, 0.6) is 0 Å². The van der Waals surface area contributed by atoms with E-state index in [1.165, 1.54) is 18.0 Å². The lowest BCUT2D eigenvalue weighted by Gasteiger charge is -2.30. The van der Waals surface area contributed by atoms with Gasteiger partial charge in [-0.25, -0.2) is 8.42 Å². The quantitative estimate of drug-likeness (QED) is 0.372. The molecule has 0 aliphatic rings. The summed E-state index contributed by atoms with van der Waals surface area (Å²) in [5.41, 5.74) is 0.667. The second kappa shape index (κ2) is 12.3. The van der Waals surface area contributed by atoms with Crippen molar-refractivity contribution in [2.45, 2.75) is 44.2 Å². The van der Waals surface area contributed by atoms with Gasteiger partial charge in [-0.05, 0) is 47.9 Å². The number of rotatable bonds is 11. The SMILES string of the molecule is CCCCNC(=O)[C@@H](C)N(Cc1ccccc1Cl)C(=O)CN(C)S(=O)(=O)c1ccc2ccccc2c1. The van der Waals surface area contributed by atoms with Crippen LogP contribution in [0.25, 0.3) is 10.8 Å². The summed E-state index contributed by atoms with van der Waals surface area (Å²) in [6, 6.07) is 18.6. The molecule has 0 bridgehead atoms. The summed E-state index contributed by atoms with van der Waals surface area (Å²) in [6.07, 6.45) is 1.75. The molecule has 7 nitrogen and oxygen atoms in total. The van der Waals surface area contributed by atoms with Gasteiger partial charge in [0.15, 0.2) is 0 Å². The minimum absolute atomic E-state index is 0.0741. The van der Waals surface area contributed by atoms with Crippen LogP contribution in [0.3, 0.4) is 0 Å². The number of fused-ring (bicyclic) bond motifs is 1. The summed E-state index contributed by atoms with van der Waals surface area (Å²) < 4.78 is 27.6. The number of amides is 2. The highest BCUT2D eigenvalue weighted by Gasteiger charge is 2.30. The number of nitrogens with zero attached hydrogens (tertiary/aromatic N) is 2. The van der Waals surface area contributed by atoms with Crippen LogP contribution in [0, 0.1) is 0 Å². The van der Waals surface area contributed by atoms with Gasteiger partial charge in [0.05, 0.1) is 11.4 Å². The average Bonchev–Trinajstić information content (AvgIpc) is 2.87. The van der Waals surface area contributed by atoms with Gasteiger partial charge >= 0.3 is 0 Å². The van der Waals surface area contributed by atoms with E-state index in [0.29, 0.717) is 17.1 Å². The van der Waals surface area contributed by atoms with Gasteiger partial charge in [-0.2, -0.15) is 4.31 Å². The molecule has 0 unspecified atom stereocenters.